The third-order valence-electron chi connectivity index (χ3n) is 6.95. The van der Waals surface area contributed by atoms with Crippen LogP contribution in [0.3, 0.4) is 0 Å². The van der Waals surface area contributed by atoms with Crippen LogP contribution in [0.25, 0.3) is 0 Å². The van der Waals surface area contributed by atoms with Crippen molar-refractivity contribution >= 4 is 29.0 Å². The monoisotopic (exact) mass is 553 g/mol. The van der Waals surface area contributed by atoms with Gasteiger partial charge in [0, 0.05) is 29.2 Å². The van der Waals surface area contributed by atoms with E-state index in [1.807, 2.05) is 0 Å². The molecular formula is C36H43NO4. The molecule has 0 N–H and O–H groups in total. The van der Waals surface area contributed by atoms with Crippen molar-refractivity contribution in [1.29, 1.82) is 0 Å². The van der Waals surface area contributed by atoms with Crippen LogP contribution in [0.4, 0.5) is 17.1 Å². The van der Waals surface area contributed by atoms with Gasteiger partial charge in [-0.2, -0.15) is 0 Å². The Morgan fingerprint density at radius 3 is 1.46 bits per heavy atom. The second-order valence-electron chi connectivity index (χ2n) is 10.2. The minimum Gasteiger partial charge on any atom is -0.463 e. The molecule has 0 bridgehead atoms. The smallest absolute Gasteiger partial charge is 0.330 e. The molecule has 5 heteroatoms. The van der Waals surface area contributed by atoms with Gasteiger partial charge in [-0.15, -0.1) is 0 Å². The van der Waals surface area contributed by atoms with Gasteiger partial charge in [-0.25, -0.2) is 9.59 Å². The van der Waals surface area contributed by atoms with E-state index in [9.17, 15) is 9.59 Å². The fourth-order valence-corrected chi connectivity index (χ4v) is 4.51. The Bertz CT molecular complexity index is 1230. The largest absolute Gasteiger partial charge is 0.463 e. The van der Waals surface area contributed by atoms with Crippen LogP contribution in [0.15, 0.2) is 91.0 Å². The normalized spacial score (nSPS) is 11.2. The second-order valence-corrected chi connectivity index (χ2v) is 10.2. The summed E-state index contributed by atoms with van der Waals surface area (Å²) in [5.74, 6) is -0.557. The molecule has 216 valence electrons. The summed E-state index contributed by atoms with van der Waals surface area (Å²) in [5, 5.41) is 0. The van der Waals surface area contributed by atoms with Crippen LogP contribution in [-0.4, -0.2) is 25.2 Å². The molecule has 3 aromatic carbocycles. The molecule has 0 saturated heterocycles. The predicted molar refractivity (Wildman–Crippen MR) is 168 cm³/mol. The third-order valence-corrected chi connectivity index (χ3v) is 6.95. The van der Waals surface area contributed by atoms with Crippen molar-refractivity contribution < 1.29 is 19.1 Å². The third kappa shape index (κ3) is 10.4. The molecule has 0 heterocycles. The minimum atomic E-state index is -0.278. The predicted octanol–water partition coefficient (Wildman–Crippen LogP) is 8.66. The lowest BCUT2D eigenvalue weighted by Gasteiger charge is -2.26. The average Bonchev–Trinajstić information content (AvgIpc) is 2.96. The second kappa shape index (κ2) is 16.9. The molecule has 0 unspecified atom stereocenters. The number of hydrogen-bond donors (Lipinski definition) is 0. The van der Waals surface area contributed by atoms with E-state index in [2.05, 4.69) is 85.5 Å². The summed E-state index contributed by atoms with van der Waals surface area (Å²) < 4.78 is 10.4. The Kier molecular flexibility index (Phi) is 12.9. The molecule has 0 fully saturated rings. The molecule has 0 saturated carbocycles. The Morgan fingerprint density at radius 2 is 1.05 bits per heavy atom. The zero-order valence-corrected chi connectivity index (χ0v) is 24.9. The number of aryl methyl sites for hydroxylation is 4. The number of benzene rings is 3. The van der Waals surface area contributed by atoms with Crippen molar-refractivity contribution in [3.05, 3.63) is 113 Å². The van der Waals surface area contributed by atoms with Crippen molar-refractivity contribution in [2.45, 2.75) is 66.2 Å². The summed E-state index contributed by atoms with van der Waals surface area (Å²) in [6.07, 6.45) is 11.8. The quantitative estimate of drug-likeness (QED) is 0.107. The number of nitrogens with zero attached hydrogens (tertiary/aromatic N) is 1. The zero-order chi connectivity index (χ0) is 29.5. The molecule has 0 amide bonds. The fraction of sp³-hybridized carbons (Fsp3) is 0.333. The maximum Gasteiger partial charge on any atom is 0.330 e. The SMILES string of the molecule is CC=CC(=O)OCCCCc1ccc(N(c2ccc(CCCCOC(=O)C=CC)cc2)c2ccc(C)c(C)c2)cc1. The molecule has 3 rings (SSSR count). The van der Waals surface area contributed by atoms with E-state index in [-0.39, 0.29) is 11.9 Å². The lowest BCUT2D eigenvalue weighted by atomic mass is 10.0. The number of anilines is 3. The number of allylic oxidation sites excluding steroid dienone is 2. The Hall–Kier alpha value is -4.12. The molecule has 0 atom stereocenters. The van der Waals surface area contributed by atoms with Gasteiger partial charge in [0.15, 0.2) is 0 Å². The maximum atomic E-state index is 11.4. The number of ether oxygens (including phenoxy) is 2. The molecule has 5 nitrogen and oxygen atoms in total. The van der Waals surface area contributed by atoms with Crippen molar-refractivity contribution in [1.82, 2.24) is 0 Å². The van der Waals surface area contributed by atoms with Crippen molar-refractivity contribution in [2.24, 2.45) is 0 Å². The summed E-state index contributed by atoms with van der Waals surface area (Å²) >= 11 is 0. The van der Waals surface area contributed by atoms with Crippen molar-refractivity contribution in [3.8, 4) is 0 Å². The van der Waals surface area contributed by atoms with Gasteiger partial charge < -0.3 is 14.4 Å². The zero-order valence-electron chi connectivity index (χ0n) is 24.9. The van der Waals surface area contributed by atoms with E-state index in [0.717, 1.165) is 55.6 Å². The first-order valence-electron chi connectivity index (χ1n) is 14.6. The summed E-state index contributed by atoms with van der Waals surface area (Å²) in [4.78, 5) is 25.2. The molecule has 0 aliphatic heterocycles. The molecular weight excluding hydrogens is 510 g/mol. The van der Waals surface area contributed by atoms with Gasteiger partial charge in [-0.3, -0.25) is 0 Å². The van der Waals surface area contributed by atoms with Gasteiger partial charge in [-0.05, 0) is 125 Å². The van der Waals surface area contributed by atoms with E-state index in [1.54, 1.807) is 26.0 Å². The number of carbonyl (C=O) groups excluding carboxylic acids is 2. The summed E-state index contributed by atoms with van der Waals surface area (Å²) in [5.41, 5.74) is 8.39. The molecule has 0 aliphatic rings. The van der Waals surface area contributed by atoms with Crippen LogP contribution in [0, 0.1) is 13.8 Å². The van der Waals surface area contributed by atoms with Gasteiger partial charge in [-0.1, -0.05) is 42.5 Å². The molecule has 3 aromatic rings. The highest BCUT2D eigenvalue weighted by molar-refractivity contribution is 5.82. The van der Waals surface area contributed by atoms with Crippen LogP contribution < -0.4 is 4.90 Å². The first-order chi connectivity index (χ1) is 19.9. The number of unbranched alkanes of at least 4 members (excludes halogenated alkanes) is 2. The van der Waals surface area contributed by atoms with E-state index in [1.165, 1.54) is 34.4 Å². The topological polar surface area (TPSA) is 55.8 Å². The van der Waals surface area contributed by atoms with E-state index in [4.69, 9.17) is 9.47 Å². The summed E-state index contributed by atoms with van der Waals surface area (Å²) in [7, 11) is 0. The van der Waals surface area contributed by atoms with Gasteiger partial charge >= 0.3 is 11.9 Å². The number of esters is 2. The van der Waals surface area contributed by atoms with Crippen LogP contribution in [0.2, 0.25) is 0 Å². The number of hydrogen-bond acceptors (Lipinski definition) is 5. The first-order valence-corrected chi connectivity index (χ1v) is 14.6. The summed E-state index contributed by atoms with van der Waals surface area (Å²) in [6, 6.07) is 24.1. The van der Waals surface area contributed by atoms with Crippen LogP contribution in [0.1, 0.15) is 61.8 Å². The Morgan fingerprint density at radius 1 is 0.610 bits per heavy atom. The fourth-order valence-electron chi connectivity index (χ4n) is 4.51. The minimum absolute atomic E-state index is 0.278. The highest BCUT2D eigenvalue weighted by Gasteiger charge is 2.13. The molecule has 0 radical (unpaired) electrons. The standard InChI is InChI=1S/C36H43NO4/c1-5-11-35(38)40-25-9-7-13-30-16-21-32(22-17-30)37(34-20-15-28(3)29(4)27-34)33-23-18-31(19-24-33)14-8-10-26-41-36(39)12-6-2/h5-6,11-12,15-24,27H,7-10,13-14,25-26H2,1-4H3. The van der Waals surface area contributed by atoms with Crippen LogP contribution in [0.5, 0.6) is 0 Å². The average molecular weight is 554 g/mol. The number of carbonyl (C=O) groups is 2. The lowest BCUT2D eigenvalue weighted by Crippen LogP contribution is -2.10. The molecule has 0 aromatic heterocycles. The Balaban J connectivity index is 1.65. The highest BCUT2D eigenvalue weighted by Crippen LogP contribution is 2.35. The molecule has 41 heavy (non-hydrogen) atoms. The first kappa shape index (κ1) is 31.4. The van der Waals surface area contributed by atoms with E-state index < -0.39 is 0 Å². The Labute approximate surface area is 245 Å². The number of rotatable bonds is 15. The lowest BCUT2D eigenvalue weighted by molar-refractivity contribution is -0.138. The van der Waals surface area contributed by atoms with E-state index in [0.29, 0.717) is 13.2 Å². The van der Waals surface area contributed by atoms with Crippen molar-refractivity contribution in [3.63, 3.8) is 0 Å². The molecule has 0 aliphatic carbocycles. The van der Waals surface area contributed by atoms with Crippen molar-refractivity contribution in [2.75, 3.05) is 18.1 Å². The van der Waals surface area contributed by atoms with Gasteiger partial charge in [0.05, 0.1) is 13.2 Å². The summed E-state index contributed by atoms with van der Waals surface area (Å²) in [6.45, 7) is 8.78. The van der Waals surface area contributed by atoms with Gasteiger partial charge in [0.1, 0.15) is 0 Å². The maximum absolute atomic E-state index is 11.4. The van der Waals surface area contributed by atoms with E-state index >= 15 is 0 Å². The molecule has 0 spiro atoms. The van der Waals surface area contributed by atoms with Crippen LogP contribution >= 0.6 is 0 Å². The van der Waals surface area contributed by atoms with Gasteiger partial charge in [0.25, 0.3) is 0 Å². The highest BCUT2D eigenvalue weighted by atomic mass is 16.5. The van der Waals surface area contributed by atoms with Crippen LogP contribution in [-0.2, 0) is 31.9 Å². The van der Waals surface area contributed by atoms with Gasteiger partial charge in [0.2, 0.25) is 0 Å².